The summed E-state index contributed by atoms with van der Waals surface area (Å²) >= 11 is 5.15. The van der Waals surface area contributed by atoms with Gasteiger partial charge < -0.3 is 5.32 Å². The van der Waals surface area contributed by atoms with Crippen LogP contribution in [0.5, 0.6) is 0 Å². The fourth-order valence-corrected chi connectivity index (χ4v) is 2.95. The Balaban J connectivity index is 1.90. The highest BCUT2D eigenvalue weighted by Crippen LogP contribution is 2.18. The normalized spacial score (nSPS) is 20.7. The van der Waals surface area contributed by atoms with E-state index in [9.17, 15) is 9.59 Å². The fraction of sp³-hybridized carbons (Fsp3) is 0.588. The monoisotopic (exact) mass is 348 g/mol. The van der Waals surface area contributed by atoms with Crippen LogP contribution in [0.15, 0.2) is 22.1 Å². The molecule has 2 unspecified atom stereocenters. The Morgan fingerprint density at radius 3 is 2.96 bits per heavy atom. The molecule has 0 aromatic rings. The number of amides is 2. The van der Waals surface area contributed by atoms with E-state index >= 15 is 0 Å². The minimum Gasteiger partial charge on any atom is -0.354 e. The van der Waals surface area contributed by atoms with Gasteiger partial charge in [0, 0.05) is 12.8 Å². The molecule has 2 aliphatic heterocycles. The summed E-state index contributed by atoms with van der Waals surface area (Å²) in [6.07, 6.45) is 9.45. The molecule has 6 nitrogen and oxygen atoms in total. The molecule has 7 heteroatoms. The molecule has 2 amide bonds. The average Bonchev–Trinajstić information content (AvgIpc) is 2.59. The van der Waals surface area contributed by atoms with Crippen molar-refractivity contribution < 1.29 is 9.59 Å². The predicted octanol–water partition coefficient (Wildman–Crippen LogP) is 2.10. The van der Waals surface area contributed by atoms with E-state index in [-0.39, 0.29) is 23.5 Å². The van der Waals surface area contributed by atoms with Crippen molar-refractivity contribution in [3.63, 3.8) is 0 Å². The number of carbonyl (C=O) groups is 2. The van der Waals surface area contributed by atoms with E-state index in [1.807, 2.05) is 0 Å². The molecule has 2 aliphatic rings. The molecule has 0 radical (unpaired) electrons. The smallest absolute Gasteiger partial charge is 0.243 e. The summed E-state index contributed by atoms with van der Waals surface area (Å²) < 4.78 is 0. The molecule has 24 heavy (non-hydrogen) atoms. The largest absolute Gasteiger partial charge is 0.354 e. The second kappa shape index (κ2) is 8.82. The van der Waals surface area contributed by atoms with Crippen molar-refractivity contribution >= 4 is 41.2 Å². The number of dihydropyridines is 1. The first-order valence-corrected chi connectivity index (χ1v) is 8.89. The van der Waals surface area contributed by atoms with Gasteiger partial charge in [-0.3, -0.25) is 14.5 Å². The van der Waals surface area contributed by atoms with Crippen LogP contribution in [-0.4, -0.2) is 47.0 Å². The topological polar surface area (TPSA) is 74.1 Å². The summed E-state index contributed by atoms with van der Waals surface area (Å²) in [6, 6.07) is 0. The standard InChI is InChI=1S/C17H24N4O2S/c1-3-5-7-12(4-2)10-19-14(22)11-21-16(23)13-8-6-9-18-15(13)20-17(21)24/h6,8-9,12-13H,3-5,7,10-11H2,1-2H3,(H,19,22). The van der Waals surface area contributed by atoms with Crippen LogP contribution in [0.4, 0.5) is 0 Å². The number of rotatable bonds is 8. The highest BCUT2D eigenvalue weighted by atomic mass is 32.1. The van der Waals surface area contributed by atoms with Crippen LogP contribution in [0.1, 0.15) is 39.5 Å². The first-order valence-electron chi connectivity index (χ1n) is 8.48. The minimum absolute atomic E-state index is 0.0906. The molecule has 0 aromatic heterocycles. The van der Waals surface area contributed by atoms with Crippen molar-refractivity contribution in [2.45, 2.75) is 39.5 Å². The maximum atomic E-state index is 12.5. The Bertz CT molecular complexity index is 597. The summed E-state index contributed by atoms with van der Waals surface area (Å²) in [7, 11) is 0. The summed E-state index contributed by atoms with van der Waals surface area (Å²) in [5, 5.41) is 3.02. The summed E-state index contributed by atoms with van der Waals surface area (Å²) in [5.41, 5.74) is 0. The Kier molecular flexibility index (Phi) is 6.78. The lowest BCUT2D eigenvalue weighted by Gasteiger charge is -2.29. The summed E-state index contributed by atoms with van der Waals surface area (Å²) in [5.74, 6) is -0.121. The van der Waals surface area contributed by atoms with Gasteiger partial charge in [-0.25, -0.2) is 9.98 Å². The number of carbonyl (C=O) groups excluding carboxylic acids is 2. The number of unbranched alkanes of at least 4 members (excludes halogenated alkanes) is 1. The van der Waals surface area contributed by atoms with Crippen LogP contribution in [0.2, 0.25) is 0 Å². The van der Waals surface area contributed by atoms with Crippen LogP contribution in [0.3, 0.4) is 0 Å². The maximum absolute atomic E-state index is 12.5. The fourth-order valence-electron chi connectivity index (χ4n) is 2.70. The van der Waals surface area contributed by atoms with Gasteiger partial charge in [0.15, 0.2) is 0 Å². The van der Waals surface area contributed by atoms with E-state index in [1.54, 1.807) is 18.4 Å². The van der Waals surface area contributed by atoms with E-state index in [2.05, 4.69) is 29.1 Å². The van der Waals surface area contributed by atoms with E-state index < -0.39 is 5.92 Å². The molecule has 2 heterocycles. The molecule has 0 spiro atoms. The molecule has 0 bridgehead atoms. The number of fused-ring (bicyclic) bond motifs is 1. The number of hydrogen-bond acceptors (Lipinski definition) is 4. The van der Waals surface area contributed by atoms with Crippen molar-refractivity contribution in [3.8, 4) is 0 Å². The van der Waals surface area contributed by atoms with Crippen LogP contribution < -0.4 is 5.32 Å². The van der Waals surface area contributed by atoms with Gasteiger partial charge in [0.05, 0.1) is 0 Å². The third-order valence-corrected chi connectivity index (χ3v) is 4.59. The lowest BCUT2D eigenvalue weighted by Crippen LogP contribution is -2.50. The Labute approximate surface area is 148 Å². The quantitative estimate of drug-likeness (QED) is 0.683. The first-order chi connectivity index (χ1) is 11.6. The summed E-state index contributed by atoms with van der Waals surface area (Å²) in [6.45, 7) is 4.83. The van der Waals surface area contributed by atoms with Crippen LogP contribution in [0.25, 0.3) is 0 Å². The average molecular weight is 348 g/mol. The van der Waals surface area contributed by atoms with Crippen molar-refractivity contribution in [1.29, 1.82) is 0 Å². The molecule has 2 rings (SSSR count). The molecule has 130 valence electrons. The zero-order valence-corrected chi connectivity index (χ0v) is 15.0. The molecule has 0 saturated carbocycles. The highest BCUT2D eigenvalue weighted by molar-refractivity contribution is 7.80. The third-order valence-electron chi connectivity index (χ3n) is 4.28. The van der Waals surface area contributed by atoms with Crippen LogP contribution in [0, 0.1) is 11.8 Å². The van der Waals surface area contributed by atoms with Crippen LogP contribution >= 0.6 is 12.2 Å². The molecule has 1 N–H and O–H groups in total. The molecule has 0 aromatic carbocycles. The maximum Gasteiger partial charge on any atom is 0.243 e. The lowest BCUT2D eigenvalue weighted by atomic mass is 9.99. The van der Waals surface area contributed by atoms with Gasteiger partial charge in [0.25, 0.3) is 0 Å². The van der Waals surface area contributed by atoms with Gasteiger partial charge in [-0.05, 0) is 30.6 Å². The number of amidine groups is 1. The molecule has 0 saturated heterocycles. The zero-order chi connectivity index (χ0) is 17.5. The number of thiocarbonyl (C=S) groups is 1. The highest BCUT2D eigenvalue weighted by Gasteiger charge is 2.35. The second-order valence-corrected chi connectivity index (χ2v) is 6.40. The van der Waals surface area contributed by atoms with Gasteiger partial charge in [-0.15, -0.1) is 0 Å². The molecule has 0 aliphatic carbocycles. The van der Waals surface area contributed by atoms with Gasteiger partial charge in [0.1, 0.15) is 18.3 Å². The van der Waals surface area contributed by atoms with Crippen molar-refractivity contribution in [1.82, 2.24) is 10.2 Å². The molecule has 2 atom stereocenters. The Hall–Kier alpha value is -1.89. The van der Waals surface area contributed by atoms with Crippen molar-refractivity contribution in [2.24, 2.45) is 21.8 Å². The zero-order valence-electron chi connectivity index (χ0n) is 14.2. The van der Waals surface area contributed by atoms with Crippen molar-refractivity contribution in [3.05, 3.63) is 12.2 Å². The van der Waals surface area contributed by atoms with E-state index in [4.69, 9.17) is 12.2 Å². The molecule has 0 fully saturated rings. The Morgan fingerprint density at radius 2 is 2.25 bits per heavy atom. The second-order valence-electron chi connectivity index (χ2n) is 6.04. The predicted molar refractivity (Wildman–Crippen MR) is 99.2 cm³/mol. The third kappa shape index (κ3) is 4.56. The lowest BCUT2D eigenvalue weighted by molar-refractivity contribution is -0.133. The van der Waals surface area contributed by atoms with Crippen LogP contribution in [-0.2, 0) is 9.59 Å². The number of hydrogen-bond donors (Lipinski definition) is 1. The number of nitrogens with zero attached hydrogens (tertiary/aromatic N) is 3. The SMILES string of the molecule is CCCCC(CC)CNC(=O)CN1C(=O)C2C=CC=NC2=NC1=S. The van der Waals surface area contributed by atoms with Gasteiger partial charge in [-0.2, -0.15) is 0 Å². The minimum atomic E-state index is -0.539. The molecular weight excluding hydrogens is 324 g/mol. The first kappa shape index (κ1) is 18.4. The van der Waals surface area contributed by atoms with Gasteiger partial charge in [-0.1, -0.05) is 39.2 Å². The Morgan fingerprint density at radius 1 is 1.46 bits per heavy atom. The van der Waals surface area contributed by atoms with Crippen molar-refractivity contribution in [2.75, 3.05) is 13.1 Å². The summed E-state index contributed by atoms with van der Waals surface area (Å²) in [4.78, 5) is 34.2. The van der Waals surface area contributed by atoms with E-state index in [0.29, 0.717) is 18.3 Å². The van der Waals surface area contributed by atoms with Gasteiger partial charge >= 0.3 is 0 Å². The van der Waals surface area contributed by atoms with Gasteiger partial charge in [0.2, 0.25) is 16.9 Å². The molecular formula is C17H24N4O2S. The van der Waals surface area contributed by atoms with E-state index in [0.717, 1.165) is 25.7 Å². The van der Waals surface area contributed by atoms with E-state index in [1.165, 1.54) is 4.90 Å². The number of aliphatic imine (C=N–C) groups is 2. The number of nitrogens with one attached hydrogen (secondary N) is 1. The number of allylic oxidation sites excluding steroid dienone is 1.